The van der Waals surface area contributed by atoms with E-state index in [4.69, 9.17) is 19.7 Å². The highest BCUT2D eigenvalue weighted by molar-refractivity contribution is 7.99. The van der Waals surface area contributed by atoms with Crippen molar-refractivity contribution in [3.8, 4) is 0 Å². The number of benzene rings is 2. The average molecular weight is 385 g/mol. The van der Waals surface area contributed by atoms with Crippen molar-refractivity contribution in [1.29, 1.82) is 0 Å². The Morgan fingerprint density at radius 2 is 1.74 bits per heavy atom. The summed E-state index contributed by atoms with van der Waals surface area (Å²) in [6, 6.07) is 18.4. The maximum absolute atomic E-state index is 10.8. The molecule has 2 aromatic carbocycles. The van der Waals surface area contributed by atoms with Gasteiger partial charge in [0.15, 0.2) is 6.29 Å². The van der Waals surface area contributed by atoms with Crippen LogP contribution in [0, 0.1) is 0 Å². The van der Waals surface area contributed by atoms with Crippen LogP contribution in [-0.4, -0.2) is 41.5 Å². The molecular formula is C19H19N3O4S. The van der Waals surface area contributed by atoms with Crippen molar-refractivity contribution in [3.05, 3.63) is 76.7 Å². The van der Waals surface area contributed by atoms with E-state index in [2.05, 4.69) is 10.0 Å². The third-order valence-electron chi connectivity index (χ3n) is 4.59. The molecule has 0 aromatic heterocycles. The zero-order chi connectivity index (χ0) is 18.6. The lowest BCUT2D eigenvalue weighted by atomic mass is 9.97. The first kappa shape index (κ1) is 18.3. The first-order valence-corrected chi connectivity index (χ1v) is 9.55. The minimum Gasteiger partial charge on any atom is -0.389 e. The number of rotatable bonds is 4. The Kier molecular flexibility index (Phi) is 5.63. The number of fused-ring (bicyclic) bond motifs is 1. The van der Waals surface area contributed by atoms with Gasteiger partial charge in [0.05, 0.1) is 12.6 Å². The molecule has 2 aliphatic heterocycles. The first-order valence-electron chi connectivity index (χ1n) is 8.68. The molecule has 2 saturated heterocycles. The molecule has 8 heteroatoms. The molecule has 2 fully saturated rings. The summed E-state index contributed by atoms with van der Waals surface area (Å²) in [5, 5.41) is 14.6. The highest BCUT2D eigenvalue weighted by Gasteiger charge is 2.49. The Hall–Kier alpha value is -2.06. The zero-order valence-corrected chi connectivity index (χ0v) is 15.2. The number of ether oxygens (including phenoxy) is 3. The molecule has 0 radical (unpaired) electrons. The van der Waals surface area contributed by atoms with E-state index < -0.39 is 36.1 Å². The quantitative estimate of drug-likeness (QED) is 0.492. The molecule has 0 unspecified atom stereocenters. The van der Waals surface area contributed by atoms with Crippen LogP contribution in [0.2, 0.25) is 0 Å². The van der Waals surface area contributed by atoms with E-state index in [0.29, 0.717) is 6.61 Å². The second-order valence-electron chi connectivity index (χ2n) is 6.34. The van der Waals surface area contributed by atoms with E-state index in [0.717, 1.165) is 10.5 Å². The van der Waals surface area contributed by atoms with Gasteiger partial charge in [-0.2, -0.15) is 0 Å². The monoisotopic (exact) mass is 385 g/mol. The maximum atomic E-state index is 10.8. The van der Waals surface area contributed by atoms with E-state index >= 15 is 0 Å². The number of aliphatic hydroxyl groups excluding tert-OH is 1. The van der Waals surface area contributed by atoms with Crippen molar-refractivity contribution < 1.29 is 19.3 Å². The molecule has 27 heavy (non-hydrogen) atoms. The third-order valence-corrected chi connectivity index (χ3v) is 5.75. The average Bonchev–Trinajstić information content (AvgIpc) is 2.72. The Morgan fingerprint density at radius 1 is 1.04 bits per heavy atom. The molecule has 0 amide bonds. The molecule has 1 N–H and O–H groups in total. The van der Waals surface area contributed by atoms with Gasteiger partial charge in [-0.3, -0.25) is 0 Å². The van der Waals surface area contributed by atoms with E-state index in [1.807, 2.05) is 60.7 Å². The molecule has 0 spiro atoms. The zero-order valence-electron chi connectivity index (χ0n) is 14.4. The summed E-state index contributed by atoms with van der Waals surface area (Å²) >= 11 is 1.39. The van der Waals surface area contributed by atoms with Gasteiger partial charge in [-0.1, -0.05) is 65.4 Å². The van der Waals surface area contributed by atoms with E-state index in [-0.39, 0.29) is 0 Å². The summed E-state index contributed by atoms with van der Waals surface area (Å²) < 4.78 is 17.9. The summed E-state index contributed by atoms with van der Waals surface area (Å²) in [4.78, 5) is 3.88. The standard InChI is InChI=1S/C19H19N3O4S/c20-22-21-15-16(23)19(27-13-9-5-2-6-10-13)25-14-11-24-18(26-17(14)15)12-7-3-1-4-8-12/h1-10,14-19,23H,11H2/t14-,15-,16+,17-,18-,19-/m1/s1. The van der Waals surface area contributed by atoms with Crippen molar-refractivity contribution in [1.82, 2.24) is 0 Å². The van der Waals surface area contributed by atoms with Crippen molar-refractivity contribution in [3.63, 3.8) is 0 Å². The van der Waals surface area contributed by atoms with Gasteiger partial charge < -0.3 is 19.3 Å². The summed E-state index contributed by atoms with van der Waals surface area (Å²) in [6.07, 6.45) is -2.59. The Labute approximate surface area is 160 Å². The normalized spacial score (nSPS) is 32.9. The lowest BCUT2D eigenvalue weighted by Crippen LogP contribution is -2.60. The van der Waals surface area contributed by atoms with Crippen LogP contribution in [0.15, 0.2) is 70.7 Å². The highest BCUT2D eigenvalue weighted by Crippen LogP contribution is 2.39. The van der Waals surface area contributed by atoms with Crippen LogP contribution in [0.25, 0.3) is 10.4 Å². The number of azide groups is 1. The maximum Gasteiger partial charge on any atom is 0.184 e. The van der Waals surface area contributed by atoms with Gasteiger partial charge in [-0.25, -0.2) is 0 Å². The SMILES string of the molecule is [N-]=[N+]=N[C@@H]1[C@H](O)[C@@H](Sc2ccccc2)O[C@@H]2CO[C@@H](c3ccccc3)O[C@@H]12. The molecule has 0 saturated carbocycles. The number of aliphatic hydroxyl groups is 1. The minimum absolute atomic E-state index is 0.292. The Morgan fingerprint density at radius 3 is 2.44 bits per heavy atom. The van der Waals surface area contributed by atoms with Crippen molar-refractivity contribution >= 4 is 11.8 Å². The number of hydrogen-bond acceptors (Lipinski definition) is 6. The van der Waals surface area contributed by atoms with Gasteiger partial charge in [-0.05, 0) is 17.7 Å². The van der Waals surface area contributed by atoms with Crippen LogP contribution in [0.4, 0.5) is 0 Å². The van der Waals surface area contributed by atoms with Gasteiger partial charge in [-0.15, -0.1) is 0 Å². The summed E-state index contributed by atoms with van der Waals surface area (Å²) in [6.45, 7) is 0.292. The second kappa shape index (κ2) is 8.31. The van der Waals surface area contributed by atoms with E-state index in [1.54, 1.807) is 0 Å². The number of hydrogen-bond donors (Lipinski definition) is 1. The van der Waals surface area contributed by atoms with Crippen LogP contribution in [0.3, 0.4) is 0 Å². The molecule has 2 aromatic rings. The van der Waals surface area contributed by atoms with Crippen LogP contribution in [-0.2, 0) is 14.2 Å². The fraction of sp³-hybridized carbons (Fsp3) is 0.368. The topological polar surface area (TPSA) is 96.7 Å². The molecule has 7 nitrogen and oxygen atoms in total. The lowest BCUT2D eigenvalue weighted by Gasteiger charge is -2.46. The molecule has 2 heterocycles. The fourth-order valence-corrected chi connectivity index (χ4v) is 4.36. The van der Waals surface area contributed by atoms with Crippen molar-refractivity contribution in [2.45, 2.75) is 41.0 Å². The highest BCUT2D eigenvalue weighted by atomic mass is 32.2. The Bertz CT molecular complexity index is 803. The molecular weight excluding hydrogens is 366 g/mol. The van der Waals surface area contributed by atoms with Gasteiger partial charge in [0, 0.05) is 15.4 Å². The molecule has 6 atom stereocenters. The van der Waals surface area contributed by atoms with E-state index in [1.165, 1.54) is 11.8 Å². The molecule has 2 aliphatic rings. The third kappa shape index (κ3) is 3.96. The molecule has 140 valence electrons. The largest absolute Gasteiger partial charge is 0.389 e. The van der Waals surface area contributed by atoms with Gasteiger partial charge in [0.1, 0.15) is 23.7 Å². The second-order valence-corrected chi connectivity index (χ2v) is 7.51. The van der Waals surface area contributed by atoms with Crippen molar-refractivity contribution in [2.24, 2.45) is 5.11 Å². The first-order chi connectivity index (χ1) is 13.3. The predicted octanol–water partition coefficient (Wildman–Crippen LogP) is 3.66. The summed E-state index contributed by atoms with van der Waals surface area (Å²) in [5.74, 6) is 0. The van der Waals surface area contributed by atoms with Crippen LogP contribution >= 0.6 is 11.8 Å². The fourth-order valence-electron chi connectivity index (χ4n) is 3.28. The van der Waals surface area contributed by atoms with E-state index in [9.17, 15) is 5.11 Å². The summed E-state index contributed by atoms with van der Waals surface area (Å²) in [7, 11) is 0. The predicted molar refractivity (Wildman–Crippen MR) is 99.9 cm³/mol. The van der Waals surface area contributed by atoms with Crippen LogP contribution in [0.5, 0.6) is 0 Å². The smallest absolute Gasteiger partial charge is 0.184 e. The van der Waals surface area contributed by atoms with Crippen LogP contribution < -0.4 is 0 Å². The summed E-state index contributed by atoms with van der Waals surface area (Å²) in [5.41, 5.74) is 9.29. The number of thioether (sulfide) groups is 1. The Balaban J connectivity index is 1.54. The number of nitrogens with zero attached hydrogens (tertiary/aromatic N) is 3. The molecule has 4 rings (SSSR count). The molecule has 0 bridgehead atoms. The van der Waals surface area contributed by atoms with Gasteiger partial charge >= 0.3 is 0 Å². The lowest BCUT2D eigenvalue weighted by molar-refractivity contribution is -0.297. The van der Waals surface area contributed by atoms with Crippen LogP contribution in [0.1, 0.15) is 11.9 Å². The van der Waals surface area contributed by atoms with Crippen molar-refractivity contribution in [2.75, 3.05) is 6.61 Å². The van der Waals surface area contributed by atoms with Gasteiger partial charge in [0.25, 0.3) is 0 Å². The van der Waals surface area contributed by atoms with Gasteiger partial charge in [0.2, 0.25) is 0 Å². The molecule has 0 aliphatic carbocycles. The minimum atomic E-state index is -0.998.